The van der Waals surface area contributed by atoms with Crippen molar-refractivity contribution in [3.63, 3.8) is 0 Å². The van der Waals surface area contributed by atoms with Gasteiger partial charge in [0.1, 0.15) is 35.5 Å². The van der Waals surface area contributed by atoms with Crippen LogP contribution in [-0.2, 0) is 11.3 Å². The number of nitrogens with zero attached hydrogens (tertiary/aromatic N) is 1. The summed E-state index contributed by atoms with van der Waals surface area (Å²) in [5.41, 5.74) is 2.24. The number of aromatic amines is 1. The Bertz CT molecular complexity index is 1620. The summed E-state index contributed by atoms with van der Waals surface area (Å²) in [5, 5.41) is 26.2. The van der Waals surface area contributed by atoms with E-state index < -0.39 is 5.60 Å². The van der Waals surface area contributed by atoms with Gasteiger partial charge in [-0.1, -0.05) is 13.0 Å². The fourth-order valence-corrected chi connectivity index (χ4v) is 6.88. The Morgan fingerprint density at radius 1 is 1.17 bits per heavy atom. The van der Waals surface area contributed by atoms with Gasteiger partial charge in [-0.15, -0.1) is 0 Å². The Hall–Kier alpha value is -3.57. The molecular formula is C36H47N3O7. The van der Waals surface area contributed by atoms with Gasteiger partial charge in [-0.05, 0) is 81.7 Å². The van der Waals surface area contributed by atoms with E-state index in [0.717, 1.165) is 78.5 Å². The molecule has 2 fully saturated rings. The van der Waals surface area contributed by atoms with Crippen molar-refractivity contribution in [3.8, 4) is 11.5 Å². The molecule has 4 aromatic rings. The number of amides is 1. The van der Waals surface area contributed by atoms with E-state index in [2.05, 4.69) is 22.1 Å². The van der Waals surface area contributed by atoms with E-state index in [-0.39, 0.29) is 30.1 Å². The lowest BCUT2D eigenvalue weighted by molar-refractivity contribution is -0.0272. The first kappa shape index (κ1) is 32.4. The zero-order valence-electron chi connectivity index (χ0n) is 27.1. The number of carbonyl (C=O) groups is 1. The molecule has 10 nitrogen and oxygen atoms in total. The van der Waals surface area contributed by atoms with Crippen LogP contribution in [0.3, 0.4) is 0 Å². The normalized spacial score (nSPS) is 24.7. The number of aliphatic hydroxyl groups is 2. The summed E-state index contributed by atoms with van der Waals surface area (Å²) in [7, 11) is 1.65. The summed E-state index contributed by atoms with van der Waals surface area (Å²) in [4.78, 5) is 18.9. The largest absolute Gasteiger partial charge is 0.488 e. The smallest absolute Gasteiger partial charge is 0.267 e. The van der Waals surface area contributed by atoms with Crippen molar-refractivity contribution in [2.75, 3.05) is 33.4 Å². The second-order valence-electron chi connectivity index (χ2n) is 13.3. The number of aromatic nitrogens is 1. The highest BCUT2D eigenvalue weighted by Crippen LogP contribution is 2.33. The Kier molecular flexibility index (Phi) is 9.89. The number of piperidine rings is 1. The van der Waals surface area contributed by atoms with Crippen molar-refractivity contribution < 1.29 is 33.6 Å². The zero-order chi connectivity index (χ0) is 32.3. The standard InChI is InChI=1S/C36H47N3O7/c1-23-19-39(15-11-32(23)40)16-14-36(42)12-9-26(10-13-36)37-35(41)31-18-29-30(38-31)5-4-6-33(29)44-21-25-22-45-34-17-27(7-8-28(25)34)46-24(2)20-43-3/h4-8,17-18,22-24,26,32,38,40,42H,9-16,19-21H2,1-3H3,(H,37,41)/t23-,24?,26-,32-,36+/m0/s1. The van der Waals surface area contributed by atoms with Gasteiger partial charge in [0.2, 0.25) is 0 Å². The van der Waals surface area contributed by atoms with Gasteiger partial charge in [0, 0.05) is 60.7 Å². The monoisotopic (exact) mass is 633 g/mol. The molecular weight excluding hydrogens is 586 g/mol. The third-order valence-electron chi connectivity index (χ3n) is 9.71. The highest BCUT2D eigenvalue weighted by atomic mass is 16.5. The first-order valence-corrected chi connectivity index (χ1v) is 16.5. The topological polar surface area (TPSA) is 129 Å². The van der Waals surface area contributed by atoms with Crippen LogP contribution >= 0.6 is 0 Å². The molecule has 1 amide bonds. The molecule has 10 heteroatoms. The van der Waals surface area contributed by atoms with Crippen molar-refractivity contribution >= 4 is 27.8 Å². The number of fused-ring (bicyclic) bond motifs is 2. The Morgan fingerprint density at radius 3 is 2.78 bits per heavy atom. The van der Waals surface area contributed by atoms with E-state index in [0.29, 0.717) is 37.5 Å². The van der Waals surface area contributed by atoms with Gasteiger partial charge < -0.3 is 44.0 Å². The first-order valence-electron chi connectivity index (χ1n) is 16.5. The predicted molar refractivity (Wildman–Crippen MR) is 176 cm³/mol. The van der Waals surface area contributed by atoms with E-state index in [9.17, 15) is 15.0 Å². The second kappa shape index (κ2) is 14.0. The van der Waals surface area contributed by atoms with E-state index >= 15 is 0 Å². The minimum Gasteiger partial charge on any atom is -0.488 e. The van der Waals surface area contributed by atoms with Crippen LogP contribution in [-0.4, -0.2) is 83.2 Å². The maximum atomic E-state index is 13.3. The molecule has 1 aliphatic carbocycles. The average Bonchev–Trinajstić information content (AvgIpc) is 3.66. The summed E-state index contributed by atoms with van der Waals surface area (Å²) in [6.45, 7) is 7.44. The van der Waals surface area contributed by atoms with Gasteiger partial charge in [-0.25, -0.2) is 0 Å². The Morgan fingerprint density at radius 2 is 2.00 bits per heavy atom. The maximum Gasteiger partial charge on any atom is 0.267 e. The summed E-state index contributed by atoms with van der Waals surface area (Å²) in [6.07, 6.45) is 5.74. The van der Waals surface area contributed by atoms with Crippen LogP contribution in [0.5, 0.6) is 11.5 Å². The highest BCUT2D eigenvalue weighted by Gasteiger charge is 2.35. The van der Waals surface area contributed by atoms with Crippen LogP contribution in [0.1, 0.15) is 68.4 Å². The van der Waals surface area contributed by atoms with Crippen molar-refractivity contribution in [2.24, 2.45) is 5.92 Å². The third-order valence-corrected chi connectivity index (χ3v) is 9.71. The number of methoxy groups -OCH3 is 1. The van der Waals surface area contributed by atoms with Crippen molar-refractivity contribution in [1.29, 1.82) is 0 Å². The van der Waals surface area contributed by atoms with E-state index in [1.54, 1.807) is 13.4 Å². The van der Waals surface area contributed by atoms with Crippen LogP contribution in [0.2, 0.25) is 0 Å². The van der Waals surface area contributed by atoms with Crippen LogP contribution in [0, 0.1) is 5.92 Å². The summed E-state index contributed by atoms with van der Waals surface area (Å²) in [5.74, 6) is 1.51. The van der Waals surface area contributed by atoms with E-state index in [4.69, 9.17) is 18.6 Å². The molecule has 0 spiro atoms. The number of H-pyrrole nitrogens is 1. The van der Waals surface area contributed by atoms with Crippen molar-refractivity contribution in [3.05, 3.63) is 60.0 Å². The molecule has 0 bridgehead atoms. The molecule has 2 aromatic carbocycles. The number of nitrogens with one attached hydrogen (secondary N) is 2. The zero-order valence-corrected chi connectivity index (χ0v) is 27.1. The first-order chi connectivity index (χ1) is 22.2. The number of hydrogen-bond acceptors (Lipinski definition) is 8. The summed E-state index contributed by atoms with van der Waals surface area (Å²) >= 11 is 0. The average molecular weight is 634 g/mol. The number of likely N-dealkylation sites (tertiary alicyclic amines) is 1. The third kappa shape index (κ3) is 7.52. The van der Waals surface area contributed by atoms with Crippen LogP contribution in [0.4, 0.5) is 0 Å². The van der Waals surface area contributed by atoms with Crippen molar-refractivity contribution in [2.45, 2.75) is 82.8 Å². The lowest BCUT2D eigenvalue weighted by Crippen LogP contribution is -2.47. The molecule has 1 unspecified atom stereocenters. The Labute approximate surface area is 270 Å². The van der Waals surface area contributed by atoms with E-state index in [1.165, 1.54) is 0 Å². The fourth-order valence-electron chi connectivity index (χ4n) is 6.88. The fraction of sp³-hybridized carbons (Fsp3) is 0.528. The number of hydrogen-bond donors (Lipinski definition) is 4. The van der Waals surface area contributed by atoms with Gasteiger partial charge in [0.15, 0.2) is 0 Å². The molecule has 0 radical (unpaired) electrons. The van der Waals surface area contributed by atoms with Crippen LogP contribution in [0.15, 0.2) is 53.1 Å². The maximum absolute atomic E-state index is 13.3. The number of ether oxygens (including phenoxy) is 3. The molecule has 2 aromatic heterocycles. The highest BCUT2D eigenvalue weighted by molar-refractivity contribution is 5.99. The van der Waals surface area contributed by atoms with Crippen molar-refractivity contribution in [1.82, 2.24) is 15.2 Å². The van der Waals surface area contributed by atoms with Gasteiger partial charge in [0.25, 0.3) is 5.91 Å². The van der Waals surface area contributed by atoms with Crippen LogP contribution < -0.4 is 14.8 Å². The number of benzene rings is 2. The molecule has 1 saturated heterocycles. The predicted octanol–water partition coefficient (Wildman–Crippen LogP) is 5.40. The molecule has 1 aliphatic heterocycles. The van der Waals surface area contributed by atoms with Crippen LogP contribution in [0.25, 0.3) is 21.9 Å². The molecule has 3 atom stereocenters. The van der Waals surface area contributed by atoms with E-state index in [1.807, 2.05) is 49.4 Å². The lowest BCUT2D eigenvalue weighted by Gasteiger charge is -2.39. The number of rotatable bonds is 12. The minimum absolute atomic E-state index is 0.0172. The minimum atomic E-state index is -0.701. The molecule has 248 valence electrons. The van der Waals surface area contributed by atoms with Gasteiger partial charge in [-0.3, -0.25) is 4.79 Å². The lowest BCUT2D eigenvalue weighted by atomic mass is 9.80. The quantitative estimate of drug-likeness (QED) is 0.163. The van der Waals surface area contributed by atoms with Gasteiger partial charge in [-0.2, -0.15) is 0 Å². The summed E-state index contributed by atoms with van der Waals surface area (Å²) < 4.78 is 23.1. The SMILES string of the molecule is COCC(C)Oc1ccc2c(COc3cccc4[nH]c(C(=O)N[C@H]5CC[C@](O)(CCN6CC[C@H](O)[C@@H](C)C6)CC5)cc34)coc2c1. The van der Waals surface area contributed by atoms with Gasteiger partial charge >= 0.3 is 0 Å². The molecule has 4 N–H and O–H groups in total. The molecule has 46 heavy (non-hydrogen) atoms. The molecule has 6 rings (SSSR count). The molecule has 3 heterocycles. The number of furan rings is 1. The summed E-state index contributed by atoms with van der Waals surface area (Å²) in [6, 6.07) is 13.4. The molecule has 2 aliphatic rings. The van der Waals surface area contributed by atoms with Gasteiger partial charge in [0.05, 0.1) is 24.6 Å². The number of aliphatic hydroxyl groups excluding tert-OH is 1. The second-order valence-corrected chi connectivity index (χ2v) is 13.3. The molecule has 1 saturated carbocycles. The number of carbonyl (C=O) groups excluding carboxylic acids is 1. The Balaban J connectivity index is 1.02.